The van der Waals surface area contributed by atoms with Crippen LogP contribution < -0.4 is 5.32 Å². The lowest BCUT2D eigenvalue weighted by Gasteiger charge is -2.23. The van der Waals surface area contributed by atoms with E-state index in [1.165, 1.54) is 77.0 Å². The van der Waals surface area contributed by atoms with Gasteiger partial charge < -0.3 is 15.0 Å². The first kappa shape index (κ1) is 32.7. The number of nitrogens with zero attached hydrogens (tertiary/aromatic N) is 1. The van der Waals surface area contributed by atoms with Crippen molar-refractivity contribution in [3.8, 4) is 0 Å². The third-order valence-electron chi connectivity index (χ3n) is 7.44. The zero-order valence-electron chi connectivity index (χ0n) is 24.3. The molecule has 1 heterocycles. The highest BCUT2D eigenvalue weighted by atomic mass is 16.5. The van der Waals surface area contributed by atoms with Gasteiger partial charge in [-0.15, -0.1) is 0 Å². The molecule has 0 aromatic carbocycles. The van der Waals surface area contributed by atoms with Crippen LogP contribution in [0.3, 0.4) is 0 Å². The zero-order chi connectivity index (χ0) is 26.1. The van der Waals surface area contributed by atoms with Gasteiger partial charge in [-0.1, -0.05) is 103 Å². The van der Waals surface area contributed by atoms with Crippen LogP contribution >= 0.6 is 0 Å². The van der Waals surface area contributed by atoms with Gasteiger partial charge in [-0.3, -0.25) is 4.79 Å². The number of unbranched alkanes of at least 4 members (excludes halogenated alkanes) is 11. The van der Waals surface area contributed by atoms with Crippen LogP contribution in [0.15, 0.2) is 24.6 Å². The van der Waals surface area contributed by atoms with Gasteiger partial charge in [0.05, 0.1) is 12.5 Å². The van der Waals surface area contributed by atoms with E-state index in [2.05, 4.69) is 55.5 Å². The highest BCUT2D eigenvalue weighted by Crippen LogP contribution is 2.20. The molecule has 0 spiro atoms. The number of carbonyl (C=O) groups excluding carboxylic acids is 1. The first-order chi connectivity index (χ1) is 17.7. The van der Waals surface area contributed by atoms with E-state index in [0.29, 0.717) is 12.6 Å². The van der Waals surface area contributed by atoms with Gasteiger partial charge in [0.25, 0.3) is 0 Å². The summed E-state index contributed by atoms with van der Waals surface area (Å²) in [5.74, 6) is 0.199. The molecule has 1 N–H and O–H groups in total. The highest BCUT2D eigenvalue weighted by molar-refractivity contribution is 5.72. The minimum atomic E-state index is 0.0740. The SMILES string of the molecule is CCCCCCCCC(CCCCCC)C(=O)OCCCCCCNCCC(C)N1C=CCCC=C1. The van der Waals surface area contributed by atoms with Crippen LogP contribution in [-0.2, 0) is 9.53 Å². The molecule has 2 atom stereocenters. The topological polar surface area (TPSA) is 41.6 Å². The van der Waals surface area contributed by atoms with Crippen molar-refractivity contribution < 1.29 is 9.53 Å². The van der Waals surface area contributed by atoms with Crippen molar-refractivity contribution in [2.75, 3.05) is 19.7 Å². The number of rotatable bonds is 24. The third kappa shape index (κ3) is 18.0. The monoisotopic (exact) mass is 504 g/mol. The van der Waals surface area contributed by atoms with Crippen LogP contribution in [0.5, 0.6) is 0 Å². The highest BCUT2D eigenvalue weighted by Gasteiger charge is 2.19. The van der Waals surface area contributed by atoms with E-state index in [9.17, 15) is 4.79 Å². The van der Waals surface area contributed by atoms with Gasteiger partial charge in [0, 0.05) is 6.04 Å². The Hall–Kier alpha value is -1.29. The first-order valence-electron chi connectivity index (χ1n) is 15.7. The van der Waals surface area contributed by atoms with Crippen LogP contribution in [0.4, 0.5) is 0 Å². The summed E-state index contributed by atoms with van der Waals surface area (Å²) in [5.41, 5.74) is 0. The molecule has 1 aliphatic heterocycles. The second-order valence-corrected chi connectivity index (χ2v) is 10.9. The average molecular weight is 505 g/mol. The summed E-state index contributed by atoms with van der Waals surface area (Å²) in [6.45, 7) is 9.54. The summed E-state index contributed by atoms with van der Waals surface area (Å²) in [7, 11) is 0. The van der Waals surface area contributed by atoms with Crippen molar-refractivity contribution in [1.29, 1.82) is 0 Å². The van der Waals surface area contributed by atoms with Crippen molar-refractivity contribution in [3.63, 3.8) is 0 Å². The molecule has 0 aromatic rings. The fraction of sp³-hybridized carbons (Fsp3) is 0.844. The molecule has 0 aliphatic carbocycles. The van der Waals surface area contributed by atoms with E-state index < -0.39 is 0 Å². The second kappa shape index (κ2) is 24.1. The molecule has 0 radical (unpaired) electrons. The molecule has 4 heteroatoms. The van der Waals surface area contributed by atoms with E-state index in [1.807, 2.05) is 0 Å². The molecule has 2 unspecified atom stereocenters. The van der Waals surface area contributed by atoms with Gasteiger partial charge in [0.15, 0.2) is 0 Å². The quantitative estimate of drug-likeness (QED) is 0.105. The Morgan fingerprint density at radius 1 is 0.750 bits per heavy atom. The predicted molar refractivity (Wildman–Crippen MR) is 156 cm³/mol. The molecular weight excluding hydrogens is 444 g/mol. The lowest BCUT2D eigenvalue weighted by molar-refractivity contribution is -0.149. The molecule has 0 saturated heterocycles. The molecule has 0 fully saturated rings. The number of hydrogen-bond donors (Lipinski definition) is 1. The van der Waals surface area contributed by atoms with Crippen molar-refractivity contribution >= 4 is 5.97 Å². The number of nitrogens with one attached hydrogen (secondary N) is 1. The maximum Gasteiger partial charge on any atom is 0.308 e. The Kier molecular flexibility index (Phi) is 21.9. The molecule has 0 bridgehead atoms. The van der Waals surface area contributed by atoms with Gasteiger partial charge >= 0.3 is 5.97 Å². The number of esters is 1. The Balaban J connectivity index is 2.07. The van der Waals surface area contributed by atoms with E-state index in [4.69, 9.17) is 4.74 Å². The van der Waals surface area contributed by atoms with E-state index in [-0.39, 0.29) is 11.9 Å². The fourth-order valence-electron chi connectivity index (χ4n) is 4.88. The summed E-state index contributed by atoms with van der Waals surface area (Å²) >= 11 is 0. The Morgan fingerprint density at radius 3 is 1.97 bits per heavy atom. The van der Waals surface area contributed by atoms with E-state index >= 15 is 0 Å². The van der Waals surface area contributed by atoms with Crippen LogP contribution in [0, 0.1) is 5.92 Å². The van der Waals surface area contributed by atoms with Crippen molar-refractivity contribution in [3.05, 3.63) is 24.6 Å². The van der Waals surface area contributed by atoms with Gasteiger partial charge in [0.1, 0.15) is 0 Å². The van der Waals surface area contributed by atoms with Crippen molar-refractivity contribution in [2.45, 2.75) is 149 Å². The molecule has 1 aliphatic rings. The molecule has 0 saturated carbocycles. The Morgan fingerprint density at radius 2 is 1.31 bits per heavy atom. The normalized spacial score (nSPS) is 15.1. The molecule has 1 rings (SSSR count). The number of allylic oxidation sites excluding steroid dienone is 2. The summed E-state index contributed by atoms with van der Waals surface area (Å²) in [4.78, 5) is 15.1. The minimum absolute atomic E-state index is 0.0740. The average Bonchev–Trinajstić information content (AvgIpc) is 3.18. The van der Waals surface area contributed by atoms with E-state index in [0.717, 1.165) is 58.0 Å². The lowest BCUT2D eigenvalue weighted by Crippen LogP contribution is -2.28. The smallest absolute Gasteiger partial charge is 0.308 e. The van der Waals surface area contributed by atoms with Gasteiger partial charge in [0.2, 0.25) is 0 Å². The van der Waals surface area contributed by atoms with Crippen LogP contribution in [0.25, 0.3) is 0 Å². The summed E-state index contributed by atoms with van der Waals surface area (Å²) in [5, 5.41) is 3.60. The van der Waals surface area contributed by atoms with Crippen LogP contribution in [0.1, 0.15) is 143 Å². The third-order valence-corrected chi connectivity index (χ3v) is 7.44. The molecule has 36 heavy (non-hydrogen) atoms. The molecule has 4 nitrogen and oxygen atoms in total. The van der Waals surface area contributed by atoms with Gasteiger partial charge in [-0.2, -0.15) is 0 Å². The van der Waals surface area contributed by atoms with E-state index in [1.54, 1.807) is 0 Å². The van der Waals surface area contributed by atoms with Crippen LogP contribution in [-0.4, -0.2) is 36.6 Å². The largest absolute Gasteiger partial charge is 0.465 e. The predicted octanol–water partition coefficient (Wildman–Crippen LogP) is 8.92. The first-order valence-corrected chi connectivity index (χ1v) is 15.7. The molecule has 0 amide bonds. The van der Waals surface area contributed by atoms with Crippen molar-refractivity contribution in [1.82, 2.24) is 10.2 Å². The zero-order valence-corrected chi connectivity index (χ0v) is 24.3. The summed E-state index contributed by atoms with van der Waals surface area (Å²) < 4.78 is 5.72. The Bertz CT molecular complexity index is 546. The fourth-order valence-corrected chi connectivity index (χ4v) is 4.88. The van der Waals surface area contributed by atoms with Gasteiger partial charge in [-0.05, 0) is 77.4 Å². The summed E-state index contributed by atoms with van der Waals surface area (Å²) in [6, 6.07) is 0.536. The number of ether oxygens (including phenoxy) is 1. The van der Waals surface area contributed by atoms with Gasteiger partial charge in [-0.25, -0.2) is 0 Å². The molecular formula is C32H60N2O2. The lowest BCUT2D eigenvalue weighted by atomic mass is 9.94. The molecule has 210 valence electrons. The van der Waals surface area contributed by atoms with Crippen LogP contribution in [0.2, 0.25) is 0 Å². The Labute approximate surface area is 224 Å². The summed E-state index contributed by atoms with van der Waals surface area (Å²) in [6.07, 6.45) is 31.7. The van der Waals surface area contributed by atoms with Crippen molar-refractivity contribution in [2.24, 2.45) is 5.92 Å². The number of carbonyl (C=O) groups is 1. The standard InChI is InChI=1S/C32H60N2O2/c1-4-6-8-10-11-17-23-31(22-16-9-7-5-2)32(35)36-29-21-15-12-18-25-33-26-24-30(3)34-27-19-13-14-20-28-34/h19-20,27-28,30-31,33H,4-18,21-26,29H2,1-3H3. The maximum atomic E-state index is 12.7. The number of hydrogen-bond acceptors (Lipinski definition) is 4. The molecule has 0 aromatic heterocycles. The maximum absolute atomic E-state index is 12.7. The second-order valence-electron chi connectivity index (χ2n) is 10.9. The minimum Gasteiger partial charge on any atom is -0.465 e.